The van der Waals surface area contributed by atoms with Gasteiger partial charge in [-0.25, -0.2) is 18.2 Å². The number of pyridine rings is 2. The number of halogens is 3. The minimum absolute atomic E-state index is 0.0907. The van der Waals surface area contributed by atoms with Gasteiger partial charge in [-0.2, -0.15) is 13.2 Å². The molecule has 3 N–H and O–H groups in total. The molecule has 0 saturated heterocycles. The zero-order valence-corrected chi connectivity index (χ0v) is 21.9. The molecule has 1 aromatic carbocycles. The lowest BCUT2D eigenvalue weighted by atomic mass is 9.85. The zero-order valence-electron chi connectivity index (χ0n) is 21.0. The van der Waals surface area contributed by atoms with E-state index in [1.165, 1.54) is 0 Å². The summed E-state index contributed by atoms with van der Waals surface area (Å²) in [7, 11) is -6.09. The van der Waals surface area contributed by atoms with Crippen molar-refractivity contribution in [1.82, 2.24) is 4.57 Å². The van der Waals surface area contributed by atoms with E-state index in [0.29, 0.717) is 36.3 Å². The van der Waals surface area contributed by atoms with Gasteiger partial charge in [0.2, 0.25) is 16.8 Å². The average molecular weight is 584 g/mol. The highest BCUT2D eigenvalue weighted by molar-refractivity contribution is 7.86. The molecule has 5 rings (SSSR count). The Kier molecular flexibility index (Phi) is 7.75. The van der Waals surface area contributed by atoms with E-state index < -0.39 is 33.2 Å². The SMILES string of the molecule is CC[C@@]1(OC(=O)CCCN)C(=O)OCc2c1cc1n(c2=O)Cc2cc3ccccc3[nH+]c2-1.O=S(=O)([O-])C(F)(F)F. The minimum atomic E-state index is -6.09. The summed E-state index contributed by atoms with van der Waals surface area (Å²) >= 11 is 0. The number of fused-ring (bicyclic) bond motifs is 5. The topological polar surface area (TPSA) is 172 Å². The van der Waals surface area contributed by atoms with Gasteiger partial charge in [-0.05, 0) is 37.6 Å². The number of rotatable bonds is 5. The first kappa shape index (κ1) is 29.2. The second-order valence-corrected chi connectivity index (χ2v) is 10.5. The number of nitrogens with two attached hydrogens (primary N) is 1. The lowest BCUT2D eigenvalue weighted by Crippen LogP contribution is -2.47. The fourth-order valence-corrected chi connectivity index (χ4v) is 4.65. The van der Waals surface area contributed by atoms with Crippen molar-refractivity contribution in [2.45, 2.75) is 50.4 Å². The normalized spacial score (nSPS) is 17.7. The first-order chi connectivity index (χ1) is 18.7. The van der Waals surface area contributed by atoms with Crippen molar-refractivity contribution in [3.05, 3.63) is 63.4 Å². The largest absolute Gasteiger partial charge is 0.741 e. The maximum Gasteiger partial charge on any atom is 0.485 e. The molecule has 0 unspecified atom stereocenters. The molecule has 0 bridgehead atoms. The fourth-order valence-electron chi connectivity index (χ4n) is 4.65. The van der Waals surface area contributed by atoms with Crippen LogP contribution in [0.2, 0.25) is 0 Å². The molecule has 3 aromatic rings. The summed E-state index contributed by atoms with van der Waals surface area (Å²) in [6, 6.07) is 11.8. The Bertz CT molecular complexity index is 1670. The van der Waals surface area contributed by atoms with E-state index >= 15 is 0 Å². The molecule has 214 valence electrons. The number of esters is 2. The van der Waals surface area contributed by atoms with Crippen LogP contribution in [0.15, 0.2) is 41.2 Å². The number of para-hydroxylation sites is 1. The van der Waals surface area contributed by atoms with Crippen LogP contribution in [0.5, 0.6) is 0 Å². The van der Waals surface area contributed by atoms with Gasteiger partial charge in [0.1, 0.15) is 12.3 Å². The third-order valence-corrected chi connectivity index (χ3v) is 7.19. The van der Waals surface area contributed by atoms with Gasteiger partial charge in [0.15, 0.2) is 10.1 Å². The molecule has 2 aliphatic heterocycles. The number of nitrogens with zero attached hydrogens (tertiary/aromatic N) is 1. The van der Waals surface area contributed by atoms with Crippen molar-refractivity contribution in [2.24, 2.45) is 5.73 Å². The molecular weight excluding hydrogens is 559 g/mol. The number of H-pyrrole nitrogens is 1. The van der Waals surface area contributed by atoms with Crippen LogP contribution in [0.25, 0.3) is 22.3 Å². The Hall–Kier alpha value is -3.82. The Morgan fingerprint density at radius 1 is 1.25 bits per heavy atom. The number of alkyl halides is 3. The van der Waals surface area contributed by atoms with Crippen molar-refractivity contribution in [3.63, 3.8) is 0 Å². The smallest absolute Gasteiger partial charge is 0.485 e. The molecule has 4 heterocycles. The van der Waals surface area contributed by atoms with Crippen LogP contribution < -0.4 is 16.3 Å². The van der Waals surface area contributed by atoms with Crippen LogP contribution in [0.1, 0.15) is 42.9 Å². The number of carbonyl (C=O) groups excluding carboxylic acids is 2. The summed E-state index contributed by atoms with van der Waals surface area (Å²) in [6.07, 6.45) is 0.695. The van der Waals surface area contributed by atoms with E-state index in [1.54, 1.807) is 17.6 Å². The van der Waals surface area contributed by atoms with E-state index in [-0.39, 0.29) is 25.0 Å². The molecule has 11 nitrogen and oxygen atoms in total. The van der Waals surface area contributed by atoms with E-state index in [1.807, 2.05) is 24.3 Å². The van der Waals surface area contributed by atoms with E-state index in [2.05, 4.69) is 11.1 Å². The van der Waals surface area contributed by atoms with Gasteiger partial charge >= 0.3 is 17.4 Å². The van der Waals surface area contributed by atoms with Gasteiger partial charge in [-0.1, -0.05) is 19.1 Å². The molecule has 15 heteroatoms. The quantitative estimate of drug-likeness (QED) is 0.209. The van der Waals surface area contributed by atoms with Crippen LogP contribution in [0.4, 0.5) is 13.2 Å². The Morgan fingerprint density at radius 3 is 2.55 bits per heavy atom. The van der Waals surface area contributed by atoms with Crippen LogP contribution in [-0.2, 0) is 47.9 Å². The van der Waals surface area contributed by atoms with Crippen LogP contribution in [0.3, 0.4) is 0 Å². The monoisotopic (exact) mass is 583 g/mol. The fraction of sp³-hybridized carbons (Fsp3) is 0.360. The highest BCUT2D eigenvalue weighted by atomic mass is 32.2. The van der Waals surface area contributed by atoms with Gasteiger partial charge < -0.3 is 19.8 Å². The lowest BCUT2D eigenvalue weighted by molar-refractivity contribution is -0.331. The predicted molar refractivity (Wildman–Crippen MR) is 131 cm³/mol. The number of ether oxygens (including phenoxy) is 2. The number of nitrogens with one attached hydrogen (secondary N) is 1. The molecule has 0 fully saturated rings. The average Bonchev–Trinajstić information content (AvgIpc) is 3.25. The maximum atomic E-state index is 13.4. The van der Waals surface area contributed by atoms with E-state index in [0.717, 1.165) is 22.2 Å². The zero-order chi connectivity index (χ0) is 29.5. The molecule has 0 spiro atoms. The highest BCUT2D eigenvalue weighted by Gasteiger charge is 2.50. The van der Waals surface area contributed by atoms with Crippen LogP contribution in [-0.4, -0.2) is 41.5 Å². The van der Waals surface area contributed by atoms with Crippen molar-refractivity contribution >= 4 is 33.0 Å². The molecule has 2 aliphatic rings. The molecule has 40 heavy (non-hydrogen) atoms. The van der Waals surface area contributed by atoms with E-state index in [9.17, 15) is 27.6 Å². The number of aromatic nitrogens is 2. The van der Waals surface area contributed by atoms with Crippen molar-refractivity contribution in [2.75, 3.05) is 6.54 Å². The van der Waals surface area contributed by atoms with Crippen molar-refractivity contribution in [1.29, 1.82) is 0 Å². The molecule has 1 atom stereocenters. The first-order valence-electron chi connectivity index (χ1n) is 12.1. The molecule has 0 aliphatic carbocycles. The molecule has 0 saturated carbocycles. The number of carbonyl (C=O) groups is 2. The number of benzene rings is 1. The van der Waals surface area contributed by atoms with E-state index in [4.69, 9.17) is 28.2 Å². The Balaban J connectivity index is 0.000000406. The maximum absolute atomic E-state index is 13.4. The number of hydrogen-bond donors (Lipinski definition) is 1. The summed E-state index contributed by atoms with van der Waals surface area (Å²) in [4.78, 5) is 42.2. The first-order valence-corrected chi connectivity index (χ1v) is 13.5. The van der Waals surface area contributed by atoms with Crippen LogP contribution >= 0.6 is 0 Å². The minimum Gasteiger partial charge on any atom is -0.741 e. The summed E-state index contributed by atoms with van der Waals surface area (Å²) in [5, 5.41) is 1.05. The second kappa shape index (κ2) is 10.6. The molecule has 0 amide bonds. The number of aromatic amines is 1. The van der Waals surface area contributed by atoms with Crippen LogP contribution in [0, 0.1) is 0 Å². The molecule has 2 aromatic heterocycles. The molecule has 0 radical (unpaired) electrons. The Morgan fingerprint density at radius 2 is 1.93 bits per heavy atom. The van der Waals surface area contributed by atoms with Gasteiger partial charge in [-0.15, -0.1) is 0 Å². The van der Waals surface area contributed by atoms with Gasteiger partial charge in [0, 0.05) is 29.0 Å². The van der Waals surface area contributed by atoms with Gasteiger partial charge in [0.05, 0.1) is 12.1 Å². The Labute approximate surface area is 225 Å². The third kappa shape index (κ3) is 5.19. The lowest BCUT2D eigenvalue weighted by Gasteiger charge is -2.35. The summed E-state index contributed by atoms with van der Waals surface area (Å²) < 4.78 is 71.6. The molecular formula is C25H24F3N3O8S. The number of hydrogen-bond acceptors (Lipinski definition) is 9. The van der Waals surface area contributed by atoms with Crippen molar-refractivity contribution < 1.29 is 50.2 Å². The van der Waals surface area contributed by atoms with Gasteiger partial charge in [0.25, 0.3) is 5.56 Å². The predicted octanol–water partition coefficient (Wildman–Crippen LogP) is 1.84. The summed E-state index contributed by atoms with van der Waals surface area (Å²) in [5.41, 5.74) is 2.13. The highest BCUT2D eigenvalue weighted by Crippen LogP contribution is 2.40. The summed E-state index contributed by atoms with van der Waals surface area (Å²) in [5.74, 6) is -1.20. The number of cyclic esters (lactones) is 1. The second-order valence-electron chi connectivity index (χ2n) is 9.09. The third-order valence-electron chi connectivity index (χ3n) is 6.62. The van der Waals surface area contributed by atoms with Crippen molar-refractivity contribution in [3.8, 4) is 11.4 Å². The summed E-state index contributed by atoms with van der Waals surface area (Å²) in [6.45, 7) is 2.36. The standard InChI is InChI=1S/C24H23N3O5.CHF3O3S/c1-2-24(32-20(28)8-5-9-25)17-11-19-21-15(10-14-6-3-4-7-18(14)26-21)12-27(19)22(29)16(17)13-31-23(24)30;2-1(3,4)8(5,6)7/h3-4,6-7,10-11H,2,5,8-9,12-13,25H2,1H3;(H,5,6,7)/t24-;/m0./s1. The van der Waals surface area contributed by atoms with Gasteiger partial charge in [-0.3, -0.25) is 14.2 Å².